The molecule has 0 spiro atoms. The van der Waals surface area contributed by atoms with Crippen molar-refractivity contribution in [3.63, 3.8) is 0 Å². The second-order valence-corrected chi connectivity index (χ2v) is 3.78. The normalized spacial score (nSPS) is 13.3. The van der Waals surface area contributed by atoms with Gasteiger partial charge in [0.25, 0.3) is 0 Å². The molecule has 0 nitrogen and oxygen atoms in total. The number of rotatable bonds is 4. The molecule has 0 unspecified atom stereocenters. The van der Waals surface area contributed by atoms with E-state index in [4.69, 9.17) is 0 Å². The van der Waals surface area contributed by atoms with Gasteiger partial charge in [-0.2, -0.15) is 0 Å². The molecule has 0 fully saturated rings. The molecule has 2 heteroatoms. The zero-order valence-corrected chi connectivity index (χ0v) is 7.53. The van der Waals surface area contributed by atoms with E-state index in [0.29, 0.717) is 6.42 Å². The number of thiophene rings is 1. The van der Waals surface area contributed by atoms with Crippen LogP contribution < -0.4 is 0 Å². The third-order valence-electron chi connectivity index (χ3n) is 1.61. The standard InChI is InChI=1S/C9H13FS/c1-8(10)4-2-5-9-6-3-7-11-9/h3,6-8H,2,4-5H2,1H3/t8-/m1/s1. The van der Waals surface area contributed by atoms with Gasteiger partial charge in [0, 0.05) is 4.88 Å². The lowest BCUT2D eigenvalue weighted by Gasteiger charge is -1.98. The van der Waals surface area contributed by atoms with Crippen LogP contribution in [0.25, 0.3) is 0 Å². The van der Waals surface area contributed by atoms with Crippen molar-refractivity contribution in [3.8, 4) is 0 Å². The molecular weight excluding hydrogens is 159 g/mol. The van der Waals surface area contributed by atoms with Crippen LogP contribution >= 0.6 is 11.3 Å². The summed E-state index contributed by atoms with van der Waals surface area (Å²) in [7, 11) is 0. The summed E-state index contributed by atoms with van der Waals surface area (Å²) in [4.78, 5) is 1.37. The lowest BCUT2D eigenvalue weighted by atomic mass is 10.2. The molecular formula is C9H13FS. The van der Waals surface area contributed by atoms with Gasteiger partial charge in [0.05, 0.1) is 6.17 Å². The summed E-state index contributed by atoms with van der Waals surface area (Å²) < 4.78 is 12.3. The van der Waals surface area contributed by atoms with E-state index in [0.717, 1.165) is 12.8 Å². The van der Waals surface area contributed by atoms with Crippen molar-refractivity contribution in [2.75, 3.05) is 0 Å². The average Bonchev–Trinajstić information content (AvgIpc) is 2.39. The van der Waals surface area contributed by atoms with Crippen molar-refractivity contribution >= 4 is 11.3 Å². The quantitative estimate of drug-likeness (QED) is 0.652. The van der Waals surface area contributed by atoms with Gasteiger partial charge in [-0.1, -0.05) is 6.07 Å². The predicted octanol–water partition coefficient (Wildman–Crippen LogP) is 3.43. The first-order valence-corrected chi connectivity index (χ1v) is 4.83. The maximum Gasteiger partial charge on any atom is 0.0973 e. The molecule has 1 rings (SSSR count). The minimum absolute atomic E-state index is 0.644. The Bertz CT molecular complexity index is 179. The van der Waals surface area contributed by atoms with Crippen LogP contribution in [0.4, 0.5) is 4.39 Å². The van der Waals surface area contributed by atoms with Gasteiger partial charge in [-0.25, -0.2) is 4.39 Å². The molecule has 62 valence electrons. The summed E-state index contributed by atoms with van der Waals surface area (Å²) in [5.74, 6) is 0. The van der Waals surface area contributed by atoms with Crippen molar-refractivity contribution in [3.05, 3.63) is 22.4 Å². The van der Waals surface area contributed by atoms with Crippen molar-refractivity contribution in [2.24, 2.45) is 0 Å². The molecule has 0 aliphatic rings. The van der Waals surface area contributed by atoms with Crippen LogP contribution in [0, 0.1) is 0 Å². The SMILES string of the molecule is C[C@@H](F)CCCc1cccs1. The Labute approximate surface area is 71.1 Å². The van der Waals surface area contributed by atoms with Crippen LogP contribution in [0.5, 0.6) is 0 Å². The van der Waals surface area contributed by atoms with Gasteiger partial charge in [0.15, 0.2) is 0 Å². The first-order chi connectivity index (χ1) is 5.29. The number of alkyl halides is 1. The molecule has 0 aromatic carbocycles. The highest BCUT2D eigenvalue weighted by Gasteiger charge is 1.98. The molecule has 0 aliphatic carbocycles. The second-order valence-electron chi connectivity index (χ2n) is 2.75. The number of hydrogen-bond acceptors (Lipinski definition) is 1. The van der Waals surface area contributed by atoms with Crippen LogP contribution in [-0.4, -0.2) is 6.17 Å². The average molecular weight is 172 g/mol. The highest BCUT2D eigenvalue weighted by Crippen LogP contribution is 2.13. The molecule has 0 bridgehead atoms. The maximum absolute atomic E-state index is 12.3. The van der Waals surface area contributed by atoms with Gasteiger partial charge in [-0.05, 0) is 37.6 Å². The Morgan fingerprint density at radius 3 is 3.00 bits per heavy atom. The van der Waals surface area contributed by atoms with Crippen molar-refractivity contribution in [2.45, 2.75) is 32.4 Å². The lowest BCUT2D eigenvalue weighted by molar-refractivity contribution is 0.335. The van der Waals surface area contributed by atoms with E-state index in [9.17, 15) is 4.39 Å². The Morgan fingerprint density at radius 2 is 2.45 bits per heavy atom. The molecule has 1 heterocycles. The smallest absolute Gasteiger partial charge is 0.0973 e. The zero-order chi connectivity index (χ0) is 8.10. The summed E-state index contributed by atoms with van der Waals surface area (Å²) in [6.07, 6.45) is 2.05. The summed E-state index contributed by atoms with van der Waals surface area (Å²) >= 11 is 1.75. The Kier molecular flexibility index (Phi) is 3.57. The molecule has 0 radical (unpaired) electrons. The van der Waals surface area contributed by atoms with E-state index in [-0.39, 0.29) is 0 Å². The molecule has 0 saturated carbocycles. The van der Waals surface area contributed by atoms with Gasteiger partial charge in [0.2, 0.25) is 0 Å². The number of hydrogen-bond donors (Lipinski definition) is 0. The molecule has 1 aromatic heterocycles. The topological polar surface area (TPSA) is 0 Å². The summed E-state index contributed by atoms with van der Waals surface area (Å²) in [5.41, 5.74) is 0. The molecule has 11 heavy (non-hydrogen) atoms. The highest BCUT2D eigenvalue weighted by molar-refractivity contribution is 7.09. The highest BCUT2D eigenvalue weighted by atomic mass is 32.1. The molecule has 0 saturated heterocycles. The Morgan fingerprint density at radius 1 is 1.64 bits per heavy atom. The van der Waals surface area contributed by atoms with Crippen LogP contribution in [0.3, 0.4) is 0 Å². The molecule has 1 atom stereocenters. The molecule has 0 N–H and O–H groups in total. The fraction of sp³-hybridized carbons (Fsp3) is 0.556. The second kappa shape index (κ2) is 4.50. The number of aryl methyl sites for hydroxylation is 1. The monoisotopic (exact) mass is 172 g/mol. The van der Waals surface area contributed by atoms with E-state index >= 15 is 0 Å². The molecule has 0 amide bonds. The first-order valence-electron chi connectivity index (χ1n) is 3.95. The van der Waals surface area contributed by atoms with E-state index in [1.807, 2.05) is 6.07 Å². The van der Waals surface area contributed by atoms with Gasteiger partial charge in [0.1, 0.15) is 0 Å². The Hall–Kier alpha value is -0.370. The van der Waals surface area contributed by atoms with Crippen LogP contribution in [0.2, 0.25) is 0 Å². The van der Waals surface area contributed by atoms with E-state index in [2.05, 4.69) is 11.4 Å². The fourth-order valence-electron chi connectivity index (χ4n) is 1.01. The molecule has 0 aliphatic heterocycles. The van der Waals surface area contributed by atoms with Crippen LogP contribution in [0.15, 0.2) is 17.5 Å². The summed E-state index contributed by atoms with van der Waals surface area (Å²) in [6.45, 7) is 1.62. The van der Waals surface area contributed by atoms with Crippen LogP contribution in [0.1, 0.15) is 24.6 Å². The fourth-order valence-corrected chi connectivity index (χ4v) is 1.76. The predicted molar refractivity (Wildman–Crippen MR) is 47.8 cm³/mol. The van der Waals surface area contributed by atoms with Gasteiger partial charge < -0.3 is 0 Å². The van der Waals surface area contributed by atoms with Crippen molar-refractivity contribution < 1.29 is 4.39 Å². The van der Waals surface area contributed by atoms with E-state index < -0.39 is 6.17 Å². The lowest BCUT2D eigenvalue weighted by Crippen LogP contribution is -1.92. The van der Waals surface area contributed by atoms with Crippen molar-refractivity contribution in [1.82, 2.24) is 0 Å². The van der Waals surface area contributed by atoms with Gasteiger partial charge in [-0.15, -0.1) is 11.3 Å². The van der Waals surface area contributed by atoms with Crippen molar-refractivity contribution in [1.29, 1.82) is 0 Å². The van der Waals surface area contributed by atoms with E-state index in [1.165, 1.54) is 4.88 Å². The molecule has 1 aromatic rings. The van der Waals surface area contributed by atoms with Gasteiger partial charge >= 0.3 is 0 Å². The summed E-state index contributed by atoms with van der Waals surface area (Å²) in [5, 5.41) is 2.06. The third-order valence-corrected chi connectivity index (χ3v) is 2.54. The van der Waals surface area contributed by atoms with Gasteiger partial charge in [-0.3, -0.25) is 0 Å². The largest absolute Gasteiger partial charge is 0.248 e. The van der Waals surface area contributed by atoms with E-state index in [1.54, 1.807) is 18.3 Å². The Balaban J connectivity index is 2.14. The first kappa shape index (κ1) is 8.72. The minimum Gasteiger partial charge on any atom is -0.248 e. The minimum atomic E-state index is -0.644. The third kappa shape index (κ3) is 3.51. The summed E-state index contributed by atoms with van der Waals surface area (Å²) in [6, 6.07) is 4.15. The van der Waals surface area contributed by atoms with Crippen LogP contribution in [-0.2, 0) is 6.42 Å². The zero-order valence-electron chi connectivity index (χ0n) is 6.72. The maximum atomic E-state index is 12.3. The number of halogens is 1.